The predicted molar refractivity (Wildman–Crippen MR) is 106 cm³/mol. The van der Waals surface area contributed by atoms with Crippen LogP contribution in [0.1, 0.15) is 17.3 Å². The summed E-state index contributed by atoms with van der Waals surface area (Å²) in [7, 11) is 3.16. The number of nitrogens with one attached hydrogen (secondary N) is 1. The quantitative estimate of drug-likeness (QED) is 0.754. The molecule has 7 heteroatoms. The summed E-state index contributed by atoms with van der Waals surface area (Å²) in [5, 5.41) is 2.99. The van der Waals surface area contributed by atoms with Gasteiger partial charge in [0, 0.05) is 43.4 Å². The second-order valence-corrected chi connectivity index (χ2v) is 6.50. The summed E-state index contributed by atoms with van der Waals surface area (Å²) in [6.45, 7) is 1.34. The first-order valence-electron chi connectivity index (χ1n) is 9.06. The Morgan fingerprint density at radius 1 is 1.11 bits per heavy atom. The van der Waals surface area contributed by atoms with Crippen LogP contribution >= 0.6 is 0 Å². The number of rotatable bonds is 4. The number of carbonyl (C=O) groups excluding carboxylic acids is 1. The van der Waals surface area contributed by atoms with Gasteiger partial charge >= 0.3 is 6.03 Å². The number of hydrogen-bond donors (Lipinski definition) is 1. The van der Waals surface area contributed by atoms with Crippen molar-refractivity contribution in [2.45, 2.75) is 12.6 Å². The number of ether oxygens (including phenoxy) is 2. The van der Waals surface area contributed by atoms with Crippen molar-refractivity contribution in [1.82, 2.24) is 14.5 Å². The van der Waals surface area contributed by atoms with Crippen molar-refractivity contribution < 1.29 is 14.3 Å². The maximum absolute atomic E-state index is 13.2. The van der Waals surface area contributed by atoms with Gasteiger partial charge in [0.05, 0.1) is 25.9 Å². The summed E-state index contributed by atoms with van der Waals surface area (Å²) in [5.41, 5.74) is 2.70. The van der Waals surface area contributed by atoms with Gasteiger partial charge in [-0.05, 0) is 42.0 Å². The lowest BCUT2D eigenvalue weighted by molar-refractivity contribution is 0.181. The lowest BCUT2D eigenvalue weighted by Crippen LogP contribution is -2.44. The van der Waals surface area contributed by atoms with E-state index >= 15 is 0 Å². The summed E-state index contributed by atoms with van der Waals surface area (Å²) >= 11 is 0. The zero-order valence-corrected chi connectivity index (χ0v) is 15.8. The Balaban J connectivity index is 1.65. The van der Waals surface area contributed by atoms with Crippen LogP contribution in [0.15, 0.2) is 61.1 Å². The van der Waals surface area contributed by atoms with Crippen molar-refractivity contribution in [3.8, 4) is 11.5 Å². The van der Waals surface area contributed by atoms with Crippen molar-refractivity contribution >= 4 is 11.7 Å². The van der Waals surface area contributed by atoms with Gasteiger partial charge in [-0.15, -0.1) is 0 Å². The molecule has 0 aliphatic carbocycles. The number of pyridine rings is 1. The minimum absolute atomic E-state index is 0.183. The molecular formula is C21H22N4O3. The normalized spacial score (nSPS) is 15.6. The van der Waals surface area contributed by atoms with Gasteiger partial charge in [-0.3, -0.25) is 4.98 Å². The largest absolute Gasteiger partial charge is 0.497 e. The van der Waals surface area contributed by atoms with Gasteiger partial charge in [0.15, 0.2) is 0 Å². The maximum atomic E-state index is 13.2. The molecular weight excluding hydrogens is 356 g/mol. The number of amides is 2. The summed E-state index contributed by atoms with van der Waals surface area (Å²) in [5.74, 6) is 1.22. The molecule has 1 aromatic carbocycles. The molecule has 0 spiro atoms. The van der Waals surface area contributed by atoms with Gasteiger partial charge in [-0.25, -0.2) is 4.79 Å². The fraction of sp³-hybridized carbons (Fsp3) is 0.238. The van der Waals surface area contributed by atoms with Gasteiger partial charge in [0.25, 0.3) is 0 Å². The Kier molecular flexibility index (Phi) is 4.89. The van der Waals surface area contributed by atoms with Crippen molar-refractivity contribution in [2.75, 3.05) is 26.1 Å². The molecule has 0 saturated heterocycles. The van der Waals surface area contributed by atoms with Crippen LogP contribution in [-0.4, -0.2) is 41.2 Å². The molecule has 1 aliphatic rings. The van der Waals surface area contributed by atoms with Crippen LogP contribution in [0.25, 0.3) is 0 Å². The van der Waals surface area contributed by atoms with Crippen molar-refractivity contribution in [2.24, 2.45) is 0 Å². The first-order valence-corrected chi connectivity index (χ1v) is 9.06. The van der Waals surface area contributed by atoms with E-state index in [2.05, 4.69) is 20.9 Å². The van der Waals surface area contributed by atoms with E-state index in [9.17, 15) is 4.79 Å². The zero-order valence-electron chi connectivity index (χ0n) is 15.8. The molecule has 0 bridgehead atoms. The Hall–Kier alpha value is -3.48. The first kappa shape index (κ1) is 17.9. The minimum Gasteiger partial charge on any atom is -0.497 e. The highest BCUT2D eigenvalue weighted by molar-refractivity contribution is 5.91. The number of methoxy groups -OCH3 is 2. The standard InChI is InChI=1S/C21H22N4O3/c1-27-16-5-6-17(19(14-16)28-2)23-21(26)25-13-12-24-11-3-4-18(24)20(25)15-7-9-22-10-8-15/h3-11,14,20H,12-13H2,1-2H3,(H,23,26). The van der Waals surface area contributed by atoms with E-state index in [1.165, 1.54) is 0 Å². The van der Waals surface area contributed by atoms with Crippen LogP contribution in [0.4, 0.5) is 10.5 Å². The molecule has 1 aliphatic heterocycles. The smallest absolute Gasteiger partial charge is 0.322 e. The zero-order chi connectivity index (χ0) is 19.5. The van der Waals surface area contributed by atoms with Gasteiger partial charge in [0.2, 0.25) is 0 Å². The van der Waals surface area contributed by atoms with Crippen molar-refractivity contribution in [3.63, 3.8) is 0 Å². The molecule has 144 valence electrons. The van der Waals surface area contributed by atoms with Crippen LogP contribution in [0.3, 0.4) is 0 Å². The molecule has 4 rings (SSSR count). The van der Waals surface area contributed by atoms with Crippen LogP contribution < -0.4 is 14.8 Å². The maximum Gasteiger partial charge on any atom is 0.322 e. The number of carbonyl (C=O) groups is 1. The topological polar surface area (TPSA) is 68.6 Å². The van der Waals surface area contributed by atoms with E-state index in [1.807, 2.05) is 29.3 Å². The molecule has 1 atom stereocenters. The molecule has 3 aromatic rings. The Morgan fingerprint density at radius 2 is 1.93 bits per heavy atom. The number of hydrogen-bond acceptors (Lipinski definition) is 4. The Morgan fingerprint density at radius 3 is 2.68 bits per heavy atom. The van der Waals surface area contributed by atoms with Gasteiger partial charge in [-0.1, -0.05) is 0 Å². The third-order valence-corrected chi connectivity index (χ3v) is 4.97. The second-order valence-electron chi connectivity index (χ2n) is 6.50. The number of nitrogens with zero attached hydrogens (tertiary/aromatic N) is 3. The Labute approximate surface area is 163 Å². The number of anilines is 1. The highest BCUT2D eigenvalue weighted by Crippen LogP contribution is 2.34. The van der Waals surface area contributed by atoms with Crippen LogP contribution in [0, 0.1) is 0 Å². The lowest BCUT2D eigenvalue weighted by atomic mass is 10.0. The summed E-state index contributed by atoms with van der Waals surface area (Å²) in [4.78, 5) is 19.2. The third kappa shape index (κ3) is 3.26. The highest BCUT2D eigenvalue weighted by Gasteiger charge is 2.32. The SMILES string of the molecule is COc1ccc(NC(=O)N2CCn3cccc3C2c2ccncc2)c(OC)c1. The third-order valence-electron chi connectivity index (χ3n) is 4.97. The molecule has 7 nitrogen and oxygen atoms in total. The molecule has 2 aromatic heterocycles. The van der Waals surface area contributed by atoms with Crippen molar-refractivity contribution in [1.29, 1.82) is 0 Å². The average molecular weight is 378 g/mol. The van der Waals surface area contributed by atoms with E-state index in [0.29, 0.717) is 23.7 Å². The molecule has 1 N–H and O–H groups in total. The first-order chi connectivity index (χ1) is 13.7. The van der Waals surface area contributed by atoms with Gasteiger partial charge in [0.1, 0.15) is 11.5 Å². The molecule has 2 amide bonds. The summed E-state index contributed by atoms with van der Waals surface area (Å²) < 4.78 is 12.8. The van der Waals surface area contributed by atoms with E-state index in [-0.39, 0.29) is 12.1 Å². The number of benzene rings is 1. The number of urea groups is 1. The van der Waals surface area contributed by atoms with Crippen LogP contribution in [0.5, 0.6) is 11.5 Å². The molecule has 3 heterocycles. The average Bonchev–Trinajstić information content (AvgIpc) is 3.22. The van der Waals surface area contributed by atoms with Gasteiger partial charge < -0.3 is 24.3 Å². The summed E-state index contributed by atoms with van der Waals surface area (Å²) in [6, 6.07) is 12.9. The molecule has 0 radical (unpaired) electrons. The minimum atomic E-state index is -0.184. The monoisotopic (exact) mass is 378 g/mol. The van der Waals surface area contributed by atoms with E-state index in [1.54, 1.807) is 44.8 Å². The highest BCUT2D eigenvalue weighted by atomic mass is 16.5. The van der Waals surface area contributed by atoms with Gasteiger partial charge in [-0.2, -0.15) is 0 Å². The van der Waals surface area contributed by atoms with Crippen LogP contribution in [-0.2, 0) is 6.54 Å². The van der Waals surface area contributed by atoms with E-state index < -0.39 is 0 Å². The molecule has 1 unspecified atom stereocenters. The number of fused-ring (bicyclic) bond motifs is 1. The Bertz CT molecular complexity index is 971. The fourth-order valence-electron chi connectivity index (χ4n) is 3.59. The summed E-state index contributed by atoms with van der Waals surface area (Å²) in [6.07, 6.45) is 5.55. The fourth-order valence-corrected chi connectivity index (χ4v) is 3.59. The van der Waals surface area contributed by atoms with Crippen molar-refractivity contribution in [3.05, 3.63) is 72.3 Å². The predicted octanol–water partition coefficient (Wildman–Crippen LogP) is 3.54. The molecule has 28 heavy (non-hydrogen) atoms. The van der Waals surface area contributed by atoms with E-state index in [4.69, 9.17) is 9.47 Å². The van der Waals surface area contributed by atoms with E-state index in [0.717, 1.165) is 17.8 Å². The number of aromatic nitrogens is 2. The van der Waals surface area contributed by atoms with Crippen LogP contribution in [0.2, 0.25) is 0 Å². The second kappa shape index (κ2) is 7.64. The lowest BCUT2D eigenvalue weighted by Gasteiger charge is -2.37. The molecule has 0 fully saturated rings. The molecule has 0 saturated carbocycles.